The highest BCUT2D eigenvalue weighted by molar-refractivity contribution is 4.97. The average molecular weight is 237 g/mol. The first kappa shape index (κ1) is 12.6. The molecule has 0 amide bonds. The minimum atomic E-state index is -0.0000850. The zero-order chi connectivity index (χ0) is 12.3. The van der Waals surface area contributed by atoms with E-state index in [9.17, 15) is 0 Å². The van der Waals surface area contributed by atoms with Gasteiger partial charge in [-0.2, -0.15) is 0 Å². The highest BCUT2D eigenvalue weighted by Gasteiger charge is 2.37. The predicted molar refractivity (Wildman–Crippen MR) is 68.0 cm³/mol. The van der Waals surface area contributed by atoms with Crippen molar-refractivity contribution in [3.8, 4) is 0 Å². The van der Waals surface area contributed by atoms with Crippen molar-refractivity contribution < 1.29 is 4.74 Å². The van der Waals surface area contributed by atoms with E-state index in [1.165, 1.54) is 6.42 Å². The lowest BCUT2D eigenvalue weighted by molar-refractivity contribution is -0.0118. The van der Waals surface area contributed by atoms with Gasteiger partial charge in [0, 0.05) is 38.5 Å². The van der Waals surface area contributed by atoms with Crippen molar-refractivity contribution >= 4 is 0 Å². The van der Waals surface area contributed by atoms with Gasteiger partial charge in [-0.1, -0.05) is 0 Å². The van der Waals surface area contributed by atoms with Crippen LogP contribution in [0.15, 0.2) is 12.4 Å². The van der Waals surface area contributed by atoms with Crippen LogP contribution >= 0.6 is 0 Å². The number of aryl methyl sites for hydroxylation is 2. The Morgan fingerprint density at radius 2 is 2.47 bits per heavy atom. The largest absolute Gasteiger partial charge is 0.374 e. The van der Waals surface area contributed by atoms with E-state index in [0.717, 1.165) is 31.7 Å². The minimum Gasteiger partial charge on any atom is -0.374 e. The van der Waals surface area contributed by atoms with Gasteiger partial charge in [0.15, 0.2) is 0 Å². The second kappa shape index (κ2) is 5.19. The quantitative estimate of drug-likeness (QED) is 0.843. The fourth-order valence-electron chi connectivity index (χ4n) is 2.74. The van der Waals surface area contributed by atoms with Crippen LogP contribution in [-0.2, 0) is 18.2 Å². The van der Waals surface area contributed by atoms with Gasteiger partial charge in [0.1, 0.15) is 5.82 Å². The number of ether oxygens (including phenoxy) is 1. The summed E-state index contributed by atoms with van der Waals surface area (Å²) in [6.07, 6.45) is 8.25. The molecule has 1 aliphatic rings. The van der Waals surface area contributed by atoms with Crippen LogP contribution < -0.4 is 5.32 Å². The Kier molecular flexibility index (Phi) is 3.84. The van der Waals surface area contributed by atoms with Gasteiger partial charge in [0.05, 0.1) is 5.60 Å². The van der Waals surface area contributed by atoms with Crippen molar-refractivity contribution in [3.05, 3.63) is 18.2 Å². The number of hydrogen-bond acceptors (Lipinski definition) is 3. The first-order valence-electron chi connectivity index (χ1n) is 6.43. The van der Waals surface area contributed by atoms with Gasteiger partial charge in [-0.3, -0.25) is 0 Å². The third-order valence-electron chi connectivity index (χ3n) is 3.91. The van der Waals surface area contributed by atoms with Gasteiger partial charge in [0.25, 0.3) is 0 Å². The molecule has 4 heteroatoms. The van der Waals surface area contributed by atoms with Crippen LogP contribution in [0.3, 0.4) is 0 Å². The molecule has 2 heterocycles. The molecule has 0 aliphatic carbocycles. The second-order valence-electron chi connectivity index (χ2n) is 5.10. The van der Waals surface area contributed by atoms with Crippen molar-refractivity contribution in [1.82, 2.24) is 14.9 Å². The van der Waals surface area contributed by atoms with Crippen molar-refractivity contribution in [2.24, 2.45) is 7.05 Å². The van der Waals surface area contributed by atoms with E-state index >= 15 is 0 Å². The molecule has 1 fully saturated rings. The molecular formula is C13H23N3O. The molecule has 2 unspecified atom stereocenters. The summed E-state index contributed by atoms with van der Waals surface area (Å²) in [7, 11) is 4.07. The zero-order valence-electron chi connectivity index (χ0n) is 11.1. The fraction of sp³-hybridized carbons (Fsp3) is 0.769. The lowest BCUT2D eigenvalue weighted by Gasteiger charge is -2.33. The molecule has 1 aromatic rings. The van der Waals surface area contributed by atoms with Crippen LogP contribution in [0.2, 0.25) is 0 Å². The topological polar surface area (TPSA) is 39.1 Å². The molecule has 0 saturated carbocycles. The lowest BCUT2D eigenvalue weighted by atomic mass is 9.90. The van der Waals surface area contributed by atoms with Crippen molar-refractivity contribution in [1.29, 1.82) is 0 Å². The Labute approximate surface area is 103 Å². The first-order valence-corrected chi connectivity index (χ1v) is 6.43. The van der Waals surface area contributed by atoms with Gasteiger partial charge < -0.3 is 14.6 Å². The summed E-state index contributed by atoms with van der Waals surface area (Å²) in [6, 6.07) is 0.404. The van der Waals surface area contributed by atoms with Crippen LogP contribution in [0.4, 0.5) is 0 Å². The van der Waals surface area contributed by atoms with E-state index in [0.29, 0.717) is 6.04 Å². The highest BCUT2D eigenvalue weighted by Crippen LogP contribution is 2.30. The molecular weight excluding hydrogens is 214 g/mol. The zero-order valence-corrected chi connectivity index (χ0v) is 11.1. The van der Waals surface area contributed by atoms with Gasteiger partial charge in [0.2, 0.25) is 0 Å². The molecule has 0 aromatic carbocycles. The maximum absolute atomic E-state index is 5.90. The molecule has 0 spiro atoms. The monoisotopic (exact) mass is 237 g/mol. The summed E-state index contributed by atoms with van der Waals surface area (Å²) < 4.78 is 7.99. The lowest BCUT2D eigenvalue weighted by Crippen LogP contribution is -2.47. The number of rotatable bonds is 5. The van der Waals surface area contributed by atoms with Gasteiger partial charge >= 0.3 is 0 Å². The molecule has 17 heavy (non-hydrogen) atoms. The summed E-state index contributed by atoms with van der Waals surface area (Å²) in [4.78, 5) is 4.37. The number of nitrogens with zero attached hydrogens (tertiary/aromatic N) is 2. The summed E-state index contributed by atoms with van der Waals surface area (Å²) in [6.45, 7) is 3.12. The molecule has 1 saturated heterocycles. The number of aromatic nitrogens is 2. The Morgan fingerprint density at radius 1 is 1.65 bits per heavy atom. The van der Waals surface area contributed by atoms with E-state index in [1.807, 2.05) is 26.5 Å². The maximum Gasteiger partial charge on any atom is 0.108 e. The molecule has 1 aromatic heterocycles. The molecule has 2 atom stereocenters. The van der Waals surface area contributed by atoms with Crippen LogP contribution in [0.1, 0.15) is 32.0 Å². The Bertz CT molecular complexity index is 355. The number of nitrogens with one attached hydrogen (secondary N) is 1. The molecule has 2 rings (SSSR count). The maximum atomic E-state index is 5.90. The van der Waals surface area contributed by atoms with Crippen molar-refractivity contribution in [2.45, 2.75) is 44.2 Å². The summed E-state index contributed by atoms with van der Waals surface area (Å²) in [5.41, 5.74) is -0.0000850. The molecule has 4 nitrogen and oxygen atoms in total. The van der Waals surface area contributed by atoms with Crippen molar-refractivity contribution in [2.75, 3.05) is 13.7 Å². The van der Waals surface area contributed by atoms with E-state index in [1.54, 1.807) is 0 Å². The summed E-state index contributed by atoms with van der Waals surface area (Å²) >= 11 is 0. The highest BCUT2D eigenvalue weighted by atomic mass is 16.5. The third kappa shape index (κ3) is 2.69. The van der Waals surface area contributed by atoms with Crippen LogP contribution in [0.25, 0.3) is 0 Å². The number of likely N-dealkylation sites (N-methyl/N-ethyl adjacent to an activating group) is 1. The fourth-order valence-corrected chi connectivity index (χ4v) is 2.74. The Morgan fingerprint density at radius 3 is 3.00 bits per heavy atom. The standard InChI is InChI=1S/C13H23N3O/c1-13(7-4-10-17-13)11(14-2)5-6-12-15-8-9-16(12)3/h8-9,11,14H,4-7,10H2,1-3H3. The van der Waals surface area contributed by atoms with Crippen LogP contribution in [0.5, 0.6) is 0 Å². The van der Waals surface area contributed by atoms with E-state index < -0.39 is 0 Å². The average Bonchev–Trinajstić information content (AvgIpc) is 2.90. The van der Waals surface area contributed by atoms with Gasteiger partial charge in [-0.15, -0.1) is 0 Å². The first-order chi connectivity index (χ1) is 8.15. The van der Waals surface area contributed by atoms with Crippen LogP contribution in [0, 0.1) is 0 Å². The van der Waals surface area contributed by atoms with Crippen molar-refractivity contribution in [3.63, 3.8) is 0 Å². The molecule has 0 bridgehead atoms. The SMILES string of the molecule is CNC(CCc1nccn1C)C1(C)CCCO1. The molecule has 1 aliphatic heterocycles. The summed E-state index contributed by atoms with van der Waals surface area (Å²) in [5.74, 6) is 1.15. The molecule has 1 N–H and O–H groups in total. The smallest absolute Gasteiger partial charge is 0.108 e. The third-order valence-corrected chi connectivity index (χ3v) is 3.91. The van der Waals surface area contributed by atoms with Gasteiger partial charge in [-0.25, -0.2) is 4.98 Å². The van der Waals surface area contributed by atoms with E-state index in [-0.39, 0.29) is 5.60 Å². The van der Waals surface area contributed by atoms with Crippen LogP contribution in [-0.4, -0.2) is 34.8 Å². The minimum absolute atomic E-state index is 0.0000850. The number of imidazole rings is 1. The molecule has 0 radical (unpaired) electrons. The Balaban J connectivity index is 1.94. The normalized spacial score (nSPS) is 26.3. The van der Waals surface area contributed by atoms with Gasteiger partial charge in [-0.05, 0) is 33.2 Å². The van der Waals surface area contributed by atoms with E-state index in [4.69, 9.17) is 4.74 Å². The summed E-state index contributed by atoms with van der Waals surface area (Å²) in [5, 5.41) is 3.40. The predicted octanol–water partition coefficient (Wildman–Crippen LogP) is 1.51. The van der Waals surface area contributed by atoms with E-state index in [2.05, 4.69) is 21.8 Å². The second-order valence-corrected chi connectivity index (χ2v) is 5.10. The Hall–Kier alpha value is -0.870. The molecule has 96 valence electrons. The number of hydrogen-bond donors (Lipinski definition) is 1.